The van der Waals surface area contributed by atoms with E-state index in [1.54, 1.807) is 7.05 Å². The zero-order valence-corrected chi connectivity index (χ0v) is 19.4. The van der Waals surface area contributed by atoms with Crippen LogP contribution in [0.4, 0.5) is 0 Å². The van der Waals surface area contributed by atoms with E-state index in [4.69, 9.17) is 0 Å². The molecule has 0 saturated heterocycles. The fourth-order valence-electron chi connectivity index (χ4n) is 8.24. The minimum absolute atomic E-state index is 0.0657. The van der Waals surface area contributed by atoms with Crippen LogP contribution in [0.25, 0.3) is 0 Å². The van der Waals surface area contributed by atoms with Gasteiger partial charge in [0.2, 0.25) is 0 Å². The van der Waals surface area contributed by atoms with Crippen molar-refractivity contribution in [1.29, 1.82) is 0 Å². The number of aldehydes is 1. The smallest absolute Gasteiger partial charge is 0.334 e. The SMILES string of the molecule is CN=C1NCC#CC2CC(C)C34CC(O)(C=O)C(C(=O)O)=C3CC2C42CN1C=CC2CNC. The number of aliphatic imine (C=N–C) groups is 1. The first-order valence-corrected chi connectivity index (χ1v) is 11.7. The molecule has 7 unspecified atom stereocenters. The predicted molar refractivity (Wildman–Crippen MR) is 123 cm³/mol. The maximum absolute atomic E-state index is 12.5. The van der Waals surface area contributed by atoms with Crippen LogP contribution >= 0.6 is 0 Å². The highest BCUT2D eigenvalue weighted by atomic mass is 16.4. The first-order valence-electron chi connectivity index (χ1n) is 11.7. The van der Waals surface area contributed by atoms with Gasteiger partial charge in [0.05, 0.1) is 12.1 Å². The molecule has 2 saturated carbocycles. The number of nitrogens with zero attached hydrogens (tertiary/aromatic N) is 2. The van der Waals surface area contributed by atoms with Crippen molar-refractivity contribution in [3.63, 3.8) is 0 Å². The molecule has 8 heteroatoms. The summed E-state index contributed by atoms with van der Waals surface area (Å²) in [5.74, 6) is 6.75. The van der Waals surface area contributed by atoms with E-state index in [1.807, 2.05) is 7.05 Å². The molecule has 0 aromatic heterocycles. The van der Waals surface area contributed by atoms with Crippen LogP contribution in [0, 0.1) is 46.3 Å². The van der Waals surface area contributed by atoms with Crippen molar-refractivity contribution >= 4 is 18.2 Å². The number of carboxylic acids is 1. The zero-order valence-electron chi connectivity index (χ0n) is 19.4. The maximum atomic E-state index is 12.5. The number of hydrogen-bond acceptors (Lipinski definition) is 5. The summed E-state index contributed by atoms with van der Waals surface area (Å²) in [7, 11) is 3.67. The molecule has 5 bridgehead atoms. The normalized spacial score (nSPS) is 44.1. The van der Waals surface area contributed by atoms with E-state index in [9.17, 15) is 19.8 Å². The largest absolute Gasteiger partial charge is 0.478 e. The average Bonchev–Trinajstić information content (AvgIpc) is 3.16. The highest BCUT2D eigenvalue weighted by Gasteiger charge is 2.76. The Morgan fingerprint density at radius 2 is 2.27 bits per heavy atom. The van der Waals surface area contributed by atoms with Gasteiger partial charge < -0.3 is 25.7 Å². The molecule has 2 heterocycles. The third kappa shape index (κ3) is 2.64. The fraction of sp³-hybridized carbons (Fsp3) is 0.640. The number of carbonyl (C=O) groups excluding carboxylic acids is 1. The van der Waals surface area contributed by atoms with Gasteiger partial charge in [-0.15, -0.1) is 0 Å². The van der Waals surface area contributed by atoms with Crippen LogP contribution in [-0.2, 0) is 9.59 Å². The number of fused-ring (bicyclic) bond motifs is 1. The molecule has 0 aromatic carbocycles. The number of nitrogens with one attached hydrogen (secondary N) is 2. The molecule has 5 rings (SSSR count). The number of guanidine groups is 1. The highest BCUT2D eigenvalue weighted by molar-refractivity contribution is 5.98. The summed E-state index contributed by atoms with van der Waals surface area (Å²) in [5, 5.41) is 28.2. The molecule has 0 aromatic rings. The molecule has 8 nitrogen and oxygen atoms in total. The lowest BCUT2D eigenvalue weighted by atomic mass is 9.44. The topological polar surface area (TPSA) is 114 Å². The quantitative estimate of drug-likeness (QED) is 0.365. The number of aliphatic carboxylic acids is 1. The van der Waals surface area contributed by atoms with Crippen LogP contribution in [0.15, 0.2) is 28.4 Å². The van der Waals surface area contributed by atoms with Gasteiger partial charge in [0.25, 0.3) is 0 Å². The molecule has 7 atom stereocenters. The molecule has 176 valence electrons. The lowest BCUT2D eigenvalue weighted by Crippen LogP contribution is -2.64. The second kappa shape index (κ2) is 7.44. The molecule has 3 aliphatic carbocycles. The molecule has 2 aliphatic heterocycles. The first-order chi connectivity index (χ1) is 15.8. The van der Waals surface area contributed by atoms with Gasteiger partial charge in [-0.1, -0.05) is 24.8 Å². The van der Waals surface area contributed by atoms with Gasteiger partial charge in [-0.2, -0.15) is 0 Å². The minimum atomic E-state index is -1.97. The van der Waals surface area contributed by atoms with E-state index < -0.39 is 22.4 Å². The van der Waals surface area contributed by atoms with E-state index in [1.165, 1.54) is 0 Å². The molecule has 33 heavy (non-hydrogen) atoms. The van der Waals surface area contributed by atoms with Gasteiger partial charge >= 0.3 is 5.97 Å². The Morgan fingerprint density at radius 3 is 2.94 bits per heavy atom. The van der Waals surface area contributed by atoms with Crippen LogP contribution in [0.1, 0.15) is 26.2 Å². The Balaban J connectivity index is 1.84. The molecular weight excluding hydrogens is 420 g/mol. The highest BCUT2D eigenvalue weighted by Crippen LogP contribution is 2.77. The number of carbonyl (C=O) groups is 2. The standard InChI is InChI=1S/C25H32N4O4/c1-15-9-16-5-4-7-28-22(27-3)29-8-6-17(11-26-2)25(13-29)18(16)10-19-20(21(31)32)23(33,14-30)12-24(15,19)25/h6,8,14-18,26,33H,7,9-13H2,1-3H3,(H,27,28)(H,31,32). The van der Waals surface area contributed by atoms with E-state index >= 15 is 0 Å². The third-order valence-electron chi connectivity index (χ3n) is 9.20. The van der Waals surface area contributed by atoms with Gasteiger partial charge in [-0.05, 0) is 49.6 Å². The summed E-state index contributed by atoms with van der Waals surface area (Å²) in [6.45, 7) is 4.01. The monoisotopic (exact) mass is 452 g/mol. The van der Waals surface area contributed by atoms with Crippen molar-refractivity contribution in [2.75, 3.05) is 33.7 Å². The molecule has 5 aliphatic rings. The summed E-state index contributed by atoms with van der Waals surface area (Å²) >= 11 is 0. The Labute approximate surface area is 194 Å². The molecule has 0 radical (unpaired) electrons. The van der Waals surface area contributed by atoms with Crippen LogP contribution < -0.4 is 10.6 Å². The van der Waals surface area contributed by atoms with Crippen LogP contribution in [0.5, 0.6) is 0 Å². The Morgan fingerprint density at radius 1 is 1.48 bits per heavy atom. The number of allylic oxidation sites excluding steroid dienone is 1. The summed E-state index contributed by atoms with van der Waals surface area (Å²) in [6.07, 6.45) is 6.21. The number of aliphatic hydroxyl groups is 1. The van der Waals surface area contributed by atoms with Crippen molar-refractivity contribution in [3.8, 4) is 11.8 Å². The third-order valence-corrected chi connectivity index (χ3v) is 9.20. The van der Waals surface area contributed by atoms with E-state index in [2.05, 4.69) is 51.6 Å². The van der Waals surface area contributed by atoms with Gasteiger partial charge in [0, 0.05) is 43.1 Å². The second-order valence-corrected chi connectivity index (χ2v) is 10.3. The van der Waals surface area contributed by atoms with Crippen molar-refractivity contribution < 1.29 is 19.8 Å². The molecule has 2 fully saturated rings. The Kier molecular flexibility index (Phi) is 5.00. The lowest BCUT2D eigenvalue weighted by molar-refractivity contribution is -0.143. The summed E-state index contributed by atoms with van der Waals surface area (Å²) < 4.78 is 0. The number of hydrogen-bond donors (Lipinski definition) is 4. The molecule has 4 N–H and O–H groups in total. The van der Waals surface area contributed by atoms with Gasteiger partial charge in [0.1, 0.15) is 0 Å². The minimum Gasteiger partial charge on any atom is -0.478 e. The fourth-order valence-corrected chi connectivity index (χ4v) is 8.24. The Bertz CT molecular complexity index is 1050. The lowest BCUT2D eigenvalue weighted by Gasteiger charge is -2.62. The molecule has 2 spiro atoms. The van der Waals surface area contributed by atoms with E-state index in [-0.39, 0.29) is 35.7 Å². The van der Waals surface area contributed by atoms with Crippen molar-refractivity contribution in [2.24, 2.45) is 39.5 Å². The maximum Gasteiger partial charge on any atom is 0.334 e. The van der Waals surface area contributed by atoms with Crippen molar-refractivity contribution in [1.82, 2.24) is 15.5 Å². The number of carboxylic acid groups (broad SMARTS) is 1. The van der Waals surface area contributed by atoms with Crippen LogP contribution in [-0.4, -0.2) is 72.7 Å². The average molecular weight is 453 g/mol. The Hall–Kier alpha value is -2.63. The van der Waals surface area contributed by atoms with Crippen LogP contribution in [0.2, 0.25) is 0 Å². The predicted octanol–water partition coefficient (Wildman–Crippen LogP) is 0.607. The first kappa shape index (κ1) is 22.2. The summed E-state index contributed by atoms with van der Waals surface area (Å²) in [4.78, 5) is 31.2. The van der Waals surface area contributed by atoms with Crippen LogP contribution in [0.3, 0.4) is 0 Å². The van der Waals surface area contributed by atoms with E-state index in [0.717, 1.165) is 24.5 Å². The van der Waals surface area contributed by atoms with Gasteiger partial charge in [0.15, 0.2) is 17.8 Å². The van der Waals surface area contributed by atoms with Gasteiger partial charge in [-0.3, -0.25) is 9.79 Å². The van der Waals surface area contributed by atoms with Gasteiger partial charge in [-0.25, -0.2) is 4.79 Å². The molecule has 0 amide bonds. The number of rotatable bonds is 4. The van der Waals surface area contributed by atoms with Crippen molar-refractivity contribution in [2.45, 2.75) is 31.8 Å². The summed E-state index contributed by atoms with van der Waals surface area (Å²) in [5.41, 5.74) is -2.31. The van der Waals surface area contributed by atoms with Crippen molar-refractivity contribution in [3.05, 3.63) is 23.4 Å². The zero-order chi connectivity index (χ0) is 23.6. The van der Waals surface area contributed by atoms with E-state index in [0.29, 0.717) is 25.8 Å². The second-order valence-electron chi connectivity index (χ2n) is 10.3. The molecular formula is C25H32N4O4. The summed E-state index contributed by atoms with van der Waals surface area (Å²) in [6, 6.07) is 0.